The van der Waals surface area contributed by atoms with Crippen molar-refractivity contribution in [1.29, 1.82) is 0 Å². The molecule has 0 amide bonds. The molecule has 0 radical (unpaired) electrons. The Bertz CT molecular complexity index is 345. The Morgan fingerprint density at radius 2 is 2.06 bits per heavy atom. The number of benzene rings is 1. The lowest BCUT2D eigenvalue weighted by Gasteiger charge is -2.28. The highest BCUT2D eigenvalue weighted by Gasteiger charge is 2.27. The van der Waals surface area contributed by atoms with Crippen molar-refractivity contribution in [1.82, 2.24) is 0 Å². The molecule has 2 heteroatoms. The molecule has 0 unspecified atom stereocenters. The molecule has 2 nitrogen and oxygen atoms in total. The van der Waals surface area contributed by atoms with Crippen molar-refractivity contribution < 1.29 is 9.90 Å². The molecule has 1 aromatic carbocycles. The van der Waals surface area contributed by atoms with E-state index in [1.807, 2.05) is 30.3 Å². The molecule has 1 saturated carbocycles. The fourth-order valence-corrected chi connectivity index (χ4v) is 2.63. The summed E-state index contributed by atoms with van der Waals surface area (Å²) >= 11 is 0. The minimum Gasteiger partial charge on any atom is -0.396 e. The molecule has 0 heterocycles. The Labute approximate surface area is 96.3 Å². The molecule has 0 aromatic heterocycles. The zero-order valence-corrected chi connectivity index (χ0v) is 9.43. The zero-order valence-electron chi connectivity index (χ0n) is 9.43. The summed E-state index contributed by atoms with van der Waals surface area (Å²) in [6.07, 6.45) is 3.41. The Morgan fingerprint density at radius 3 is 2.69 bits per heavy atom. The Hall–Kier alpha value is -1.15. The number of Topliss-reactive ketones (excluding diaryl/α,β-unsaturated/α-hetero) is 1. The maximum atomic E-state index is 11.4. The van der Waals surface area contributed by atoms with Crippen molar-refractivity contribution in [3.8, 4) is 0 Å². The van der Waals surface area contributed by atoms with Crippen molar-refractivity contribution in [2.45, 2.75) is 31.6 Å². The summed E-state index contributed by atoms with van der Waals surface area (Å²) in [7, 11) is 0. The van der Waals surface area contributed by atoms with Gasteiger partial charge in [-0.05, 0) is 24.3 Å². The number of carbonyl (C=O) groups is 1. The van der Waals surface area contributed by atoms with Gasteiger partial charge in [-0.1, -0.05) is 30.3 Å². The van der Waals surface area contributed by atoms with Crippen LogP contribution in [0.1, 0.15) is 37.2 Å². The van der Waals surface area contributed by atoms with E-state index in [-0.39, 0.29) is 12.5 Å². The van der Waals surface area contributed by atoms with E-state index < -0.39 is 0 Å². The molecule has 0 aliphatic heterocycles. The Morgan fingerprint density at radius 1 is 1.31 bits per heavy atom. The van der Waals surface area contributed by atoms with Crippen LogP contribution in [0.15, 0.2) is 30.3 Å². The van der Waals surface area contributed by atoms with Gasteiger partial charge in [0.2, 0.25) is 0 Å². The number of hydrogen-bond acceptors (Lipinski definition) is 2. The Kier molecular flexibility index (Phi) is 3.73. The highest BCUT2D eigenvalue weighted by molar-refractivity contribution is 5.79. The third-order valence-electron chi connectivity index (χ3n) is 3.51. The van der Waals surface area contributed by atoms with Crippen LogP contribution in [-0.2, 0) is 4.79 Å². The summed E-state index contributed by atoms with van der Waals surface area (Å²) in [6, 6.07) is 10.0. The molecule has 1 aliphatic carbocycles. The predicted molar refractivity (Wildman–Crippen MR) is 63.2 cm³/mol. The van der Waals surface area contributed by atoms with Gasteiger partial charge in [0.25, 0.3) is 0 Å². The minimum absolute atomic E-state index is 0.130. The van der Waals surface area contributed by atoms with Crippen molar-refractivity contribution >= 4 is 5.78 Å². The monoisotopic (exact) mass is 218 g/mol. The summed E-state index contributed by atoms with van der Waals surface area (Å²) in [5, 5.41) is 9.51. The molecule has 1 fully saturated rings. The summed E-state index contributed by atoms with van der Waals surface area (Å²) in [6.45, 7) is 0.141. The van der Waals surface area contributed by atoms with Crippen LogP contribution in [0.3, 0.4) is 0 Å². The number of ketones is 1. The zero-order chi connectivity index (χ0) is 11.4. The molecule has 2 atom stereocenters. The second kappa shape index (κ2) is 5.26. The molecule has 16 heavy (non-hydrogen) atoms. The number of hydrogen-bond donors (Lipinski definition) is 1. The lowest BCUT2D eigenvalue weighted by Crippen LogP contribution is -2.23. The highest BCUT2D eigenvalue weighted by Crippen LogP contribution is 2.34. The standard InChI is InChI=1S/C14H18O2/c15-10-14(11-5-2-1-3-6-11)12-7-4-8-13(16)9-12/h1-3,5-6,12,14-15H,4,7-10H2/t12-,14+/m1/s1. The number of aliphatic hydroxyl groups excluding tert-OH is 1. The van der Waals surface area contributed by atoms with E-state index in [1.54, 1.807) is 0 Å². The van der Waals surface area contributed by atoms with Crippen molar-refractivity contribution in [3.63, 3.8) is 0 Å². The van der Waals surface area contributed by atoms with Gasteiger partial charge in [0.1, 0.15) is 5.78 Å². The van der Waals surface area contributed by atoms with Gasteiger partial charge >= 0.3 is 0 Å². The quantitative estimate of drug-likeness (QED) is 0.846. The van der Waals surface area contributed by atoms with Gasteiger partial charge in [-0.25, -0.2) is 0 Å². The first-order chi connectivity index (χ1) is 7.81. The molecular weight excluding hydrogens is 200 g/mol. The summed E-state index contributed by atoms with van der Waals surface area (Å²) in [4.78, 5) is 11.4. The van der Waals surface area contributed by atoms with Gasteiger partial charge in [0.15, 0.2) is 0 Å². The molecule has 2 rings (SSSR count). The molecular formula is C14H18O2. The van der Waals surface area contributed by atoms with Crippen LogP contribution in [0.2, 0.25) is 0 Å². The van der Waals surface area contributed by atoms with Crippen molar-refractivity contribution in [2.24, 2.45) is 5.92 Å². The topological polar surface area (TPSA) is 37.3 Å². The molecule has 86 valence electrons. The van der Waals surface area contributed by atoms with Gasteiger partial charge in [0, 0.05) is 18.8 Å². The van der Waals surface area contributed by atoms with Crippen LogP contribution >= 0.6 is 0 Å². The third-order valence-corrected chi connectivity index (χ3v) is 3.51. The van der Waals surface area contributed by atoms with E-state index in [0.717, 1.165) is 24.8 Å². The normalized spacial score (nSPS) is 23.1. The van der Waals surface area contributed by atoms with Crippen molar-refractivity contribution in [3.05, 3.63) is 35.9 Å². The lowest BCUT2D eigenvalue weighted by atomic mass is 9.77. The van der Waals surface area contributed by atoms with Crippen LogP contribution in [0.4, 0.5) is 0 Å². The van der Waals surface area contributed by atoms with E-state index in [9.17, 15) is 9.90 Å². The van der Waals surface area contributed by atoms with E-state index in [4.69, 9.17) is 0 Å². The van der Waals surface area contributed by atoms with Crippen LogP contribution in [0.5, 0.6) is 0 Å². The maximum Gasteiger partial charge on any atom is 0.133 e. The predicted octanol–water partition coefficient (Wildman–Crippen LogP) is 2.52. The van der Waals surface area contributed by atoms with Gasteiger partial charge in [0.05, 0.1) is 6.61 Å². The van der Waals surface area contributed by atoms with E-state index >= 15 is 0 Å². The van der Waals surface area contributed by atoms with E-state index in [0.29, 0.717) is 18.1 Å². The first-order valence-electron chi connectivity index (χ1n) is 5.98. The lowest BCUT2D eigenvalue weighted by molar-refractivity contribution is -0.121. The Balaban J connectivity index is 2.13. The molecule has 1 aromatic rings. The van der Waals surface area contributed by atoms with E-state index in [1.165, 1.54) is 0 Å². The third kappa shape index (κ3) is 2.50. The first-order valence-corrected chi connectivity index (χ1v) is 5.98. The van der Waals surface area contributed by atoms with Gasteiger partial charge in [-0.3, -0.25) is 4.79 Å². The van der Waals surface area contributed by atoms with Crippen molar-refractivity contribution in [2.75, 3.05) is 6.61 Å². The molecule has 1 aliphatic rings. The minimum atomic E-state index is 0.130. The number of aliphatic hydroxyl groups is 1. The first kappa shape index (κ1) is 11.3. The molecule has 1 N–H and O–H groups in total. The van der Waals surface area contributed by atoms with Gasteiger partial charge in [-0.2, -0.15) is 0 Å². The molecule has 0 saturated heterocycles. The maximum absolute atomic E-state index is 11.4. The average molecular weight is 218 g/mol. The summed E-state index contributed by atoms with van der Waals surface area (Å²) in [5.74, 6) is 0.810. The van der Waals surface area contributed by atoms with Gasteiger partial charge < -0.3 is 5.11 Å². The smallest absolute Gasteiger partial charge is 0.133 e. The molecule has 0 spiro atoms. The van der Waals surface area contributed by atoms with Crippen LogP contribution in [0, 0.1) is 5.92 Å². The summed E-state index contributed by atoms with van der Waals surface area (Å²) in [5.41, 5.74) is 1.16. The van der Waals surface area contributed by atoms with Crippen LogP contribution in [0.25, 0.3) is 0 Å². The molecule has 0 bridgehead atoms. The second-order valence-electron chi connectivity index (χ2n) is 4.59. The fraction of sp³-hybridized carbons (Fsp3) is 0.500. The fourth-order valence-electron chi connectivity index (χ4n) is 2.63. The van der Waals surface area contributed by atoms with E-state index in [2.05, 4.69) is 0 Å². The van der Waals surface area contributed by atoms with Gasteiger partial charge in [-0.15, -0.1) is 0 Å². The SMILES string of the molecule is O=C1CCC[C@@H]([C@@H](CO)c2ccccc2)C1. The highest BCUT2D eigenvalue weighted by atomic mass is 16.3. The number of carbonyl (C=O) groups excluding carboxylic acids is 1. The summed E-state index contributed by atoms with van der Waals surface area (Å²) < 4.78 is 0. The second-order valence-corrected chi connectivity index (χ2v) is 4.59. The largest absolute Gasteiger partial charge is 0.396 e. The van der Waals surface area contributed by atoms with Crippen LogP contribution in [-0.4, -0.2) is 17.5 Å². The average Bonchev–Trinajstić information content (AvgIpc) is 2.31. The number of rotatable bonds is 3. The van der Waals surface area contributed by atoms with Crippen LogP contribution < -0.4 is 0 Å².